The van der Waals surface area contributed by atoms with E-state index in [4.69, 9.17) is 16.7 Å². The summed E-state index contributed by atoms with van der Waals surface area (Å²) in [5.74, 6) is -2.32. The van der Waals surface area contributed by atoms with Gasteiger partial charge in [0.15, 0.2) is 5.82 Å². The van der Waals surface area contributed by atoms with E-state index in [1.807, 2.05) is 0 Å². The van der Waals surface area contributed by atoms with E-state index >= 15 is 0 Å². The Hall–Kier alpha value is -0.870. The van der Waals surface area contributed by atoms with Crippen molar-refractivity contribution in [3.05, 3.63) is 28.3 Å². The van der Waals surface area contributed by atoms with E-state index in [1.165, 1.54) is 0 Å². The first-order chi connectivity index (χ1) is 6.07. The van der Waals surface area contributed by atoms with Crippen molar-refractivity contribution in [2.24, 2.45) is 0 Å². The SMILES string of the molecule is CNCc1c(F)cc(O)c(Cl)c1F. The van der Waals surface area contributed by atoms with Crippen LogP contribution in [0.25, 0.3) is 0 Å². The molecule has 1 aromatic carbocycles. The Morgan fingerprint density at radius 1 is 1.54 bits per heavy atom. The normalized spacial score (nSPS) is 10.5. The van der Waals surface area contributed by atoms with E-state index < -0.39 is 22.4 Å². The zero-order valence-electron chi connectivity index (χ0n) is 6.87. The van der Waals surface area contributed by atoms with Crippen LogP contribution in [0, 0.1) is 11.6 Å². The van der Waals surface area contributed by atoms with E-state index in [-0.39, 0.29) is 12.1 Å². The van der Waals surface area contributed by atoms with Crippen molar-refractivity contribution in [2.75, 3.05) is 7.05 Å². The summed E-state index contributed by atoms with van der Waals surface area (Å²) in [5, 5.41) is 11.1. The number of hydrogen-bond acceptors (Lipinski definition) is 2. The van der Waals surface area contributed by atoms with Crippen LogP contribution in [0.3, 0.4) is 0 Å². The van der Waals surface area contributed by atoms with Gasteiger partial charge < -0.3 is 10.4 Å². The molecule has 13 heavy (non-hydrogen) atoms. The van der Waals surface area contributed by atoms with Crippen molar-refractivity contribution in [3.63, 3.8) is 0 Å². The number of phenols is 1. The fourth-order valence-corrected chi connectivity index (χ4v) is 1.13. The standard InChI is InChI=1S/C8H8ClF2NO/c1-12-3-4-5(10)2-6(13)7(9)8(4)11/h2,12-13H,3H2,1H3. The lowest BCUT2D eigenvalue weighted by molar-refractivity contribution is 0.456. The van der Waals surface area contributed by atoms with Gasteiger partial charge >= 0.3 is 0 Å². The van der Waals surface area contributed by atoms with E-state index in [0.717, 1.165) is 6.07 Å². The number of aromatic hydroxyl groups is 1. The minimum Gasteiger partial charge on any atom is -0.506 e. The van der Waals surface area contributed by atoms with Crippen LogP contribution in [0.2, 0.25) is 5.02 Å². The van der Waals surface area contributed by atoms with Crippen LogP contribution in [0.5, 0.6) is 5.75 Å². The van der Waals surface area contributed by atoms with Gasteiger partial charge in [-0.1, -0.05) is 11.6 Å². The molecule has 72 valence electrons. The zero-order chi connectivity index (χ0) is 10.0. The van der Waals surface area contributed by atoms with Gasteiger partial charge in [0.1, 0.15) is 16.6 Å². The number of phenolic OH excluding ortho intramolecular Hbond substituents is 1. The Morgan fingerprint density at radius 3 is 2.69 bits per heavy atom. The van der Waals surface area contributed by atoms with Crippen LogP contribution in [-0.4, -0.2) is 12.2 Å². The summed E-state index contributed by atoms with van der Waals surface area (Å²) in [4.78, 5) is 0. The molecule has 0 amide bonds. The van der Waals surface area contributed by atoms with Gasteiger partial charge in [-0.3, -0.25) is 0 Å². The molecule has 0 aliphatic carbocycles. The van der Waals surface area contributed by atoms with Gasteiger partial charge in [-0.25, -0.2) is 8.78 Å². The maximum atomic E-state index is 13.1. The fraction of sp³-hybridized carbons (Fsp3) is 0.250. The molecule has 0 heterocycles. The van der Waals surface area contributed by atoms with Crippen LogP contribution >= 0.6 is 11.6 Å². The molecule has 0 bridgehead atoms. The molecule has 0 aliphatic rings. The smallest absolute Gasteiger partial charge is 0.152 e. The van der Waals surface area contributed by atoms with Gasteiger partial charge in [0.2, 0.25) is 0 Å². The summed E-state index contributed by atoms with van der Waals surface area (Å²) >= 11 is 5.37. The topological polar surface area (TPSA) is 32.3 Å². The summed E-state index contributed by atoms with van der Waals surface area (Å²) < 4.78 is 26.1. The highest BCUT2D eigenvalue weighted by Gasteiger charge is 2.15. The summed E-state index contributed by atoms with van der Waals surface area (Å²) in [7, 11) is 1.56. The number of halogens is 3. The van der Waals surface area contributed by atoms with Crippen LogP contribution in [0.15, 0.2) is 6.07 Å². The summed E-state index contributed by atoms with van der Waals surface area (Å²) in [6.45, 7) is 0.0255. The third-order valence-electron chi connectivity index (χ3n) is 1.59. The largest absolute Gasteiger partial charge is 0.506 e. The average molecular weight is 208 g/mol. The molecule has 0 aliphatic heterocycles. The molecule has 0 radical (unpaired) electrons. The van der Waals surface area contributed by atoms with Crippen molar-refractivity contribution in [1.82, 2.24) is 5.32 Å². The monoisotopic (exact) mass is 207 g/mol. The number of hydrogen-bond donors (Lipinski definition) is 2. The molecule has 0 unspecified atom stereocenters. The third-order valence-corrected chi connectivity index (χ3v) is 1.95. The zero-order valence-corrected chi connectivity index (χ0v) is 7.62. The molecule has 0 fully saturated rings. The van der Waals surface area contributed by atoms with Gasteiger partial charge in [-0.15, -0.1) is 0 Å². The second-order valence-corrected chi connectivity index (χ2v) is 2.89. The first-order valence-electron chi connectivity index (χ1n) is 3.58. The van der Waals surface area contributed by atoms with Crippen molar-refractivity contribution in [3.8, 4) is 5.75 Å². The van der Waals surface area contributed by atoms with Gasteiger partial charge in [0, 0.05) is 18.2 Å². The second kappa shape index (κ2) is 3.89. The van der Waals surface area contributed by atoms with Gasteiger partial charge in [0.05, 0.1) is 0 Å². The second-order valence-electron chi connectivity index (χ2n) is 2.51. The molecule has 1 aromatic rings. The van der Waals surface area contributed by atoms with Crippen molar-refractivity contribution >= 4 is 11.6 Å². The van der Waals surface area contributed by atoms with E-state index in [0.29, 0.717) is 0 Å². The third kappa shape index (κ3) is 1.89. The first kappa shape index (κ1) is 10.2. The van der Waals surface area contributed by atoms with Crippen LogP contribution < -0.4 is 5.32 Å². The molecular weight excluding hydrogens is 200 g/mol. The van der Waals surface area contributed by atoms with E-state index in [1.54, 1.807) is 7.05 Å². The Labute approximate surface area is 79.1 Å². The van der Waals surface area contributed by atoms with Crippen LogP contribution in [0.1, 0.15) is 5.56 Å². The Morgan fingerprint density at radius 2 is 2.15 bits per heavy atom. The molecule has 0 atom stereocenters. The van der Waals surface area contributed by atoms with Gasteiger partial charge in [-0.05, 0) is 7.05 Å². The Bertz CT molecular complexity index is 330. The molecule has 0 saturated heterocycles. The lowest BCUT2D eigenvalue weighted by Gasteiger charge is -2.06. The molecule has 0 aromatic heterocycles. The van der Waals surface area contributed by atoms with E-state index in [2.05, 4.69) is 5.32 Å². The maximum Gasteiger partial charge on any atom is 0.152 e. The predicted molar refractivity (Wildman–Crippen MR) is 45.8 cm³/mol. The Kier molecular flexibility index (Phi) is 3.06. The first-order valence-corrected chi connectivity index (χ1v) is 3.95. The summed E-state index contributed by atoms with van der Waals surface area (Å²) in [6.07, 6.45) is 0. The summed E-state index contributed by atoms with van der Waals surface area (Å²) in [5.41, 5.74) is -0.176. The molecule has 0 saturated carbocycles. The van der Waals surface area contributed by atoms with Gasteiger partial charge in [-0.2, -0.15) is 0 Å². The van der Waals surface area contributed by atoms with Crippen molar-refractivity contribution in [2.45, 2.75) is 6.54 Å². The quantitative estimate of drug-likeness (QED) is 0.728. The van der Waals surface area contributed by atoms with Crippen LogP contribution in [0.4, 0.5) is 8.78 Å². The molecule has 5 heteroatoms. The summed E-state index contributed by atoms with van der Waals surface area (Å²) in [6, 6.07) is 0.790. The molecule has 2 N–H and O–H groups in total. The Balaban J connectivity index is 3.26. The lowest BCUT2D eigenvalue weighted by atomic mass is 10.2. The predicted octanol–water partition coefficient (Wildman–Crippen LogP) is 2.04. The van der Waals surface area contributed by atoms with Gasteiger partial charge in [0.25, 0.3) is 0 Å². The number of benzene rings is 1. The fourth-order valence-electron chi connectivity index (χ4n) is 0.959. The minimum absolute atomic E-state index is 0.0255. The average Bonchev–Trinajstić information content (AvgIpc) is 2.09. The lowest BCUT2D eigenvalue weighted by Crippen LogP contribution is -2.09. The molecule has 1 rings (SSSR count). The highest BCUT2D eigenvalue weighted by atomic mass is 35.5. The maximum absolute atomic E-state index is 13.1. The molecular formula is C8H8ClF2NO. The molecule has 2 nitrogen and oxygen atoms in total. The van der Waals surface area contributed by atoms with Crippen molar-refractivity contribution < 1.29 is 13.9 Å². The number of nitrogens with one attached hydrogen (secondary N) is 1. The van der Waals surface area contributed by atoms with Crippen molar-refractivity contribution in [1.29, 1.82) is 0 Å². The highest BCUT2D eigenvalue weighted by molar-refractivity contribution is 6.32. The highest BCUT2D eigenvalue weighted by Crippen LogP contribution is 2.30. The number of rotatable bonds is 2. The van der Waals surface area contributed by atoms with Crippen LogP contribution in [-0.2, 0) is 6.54 Å². The molecule has 0 spiro atoms. The minimum atomic E-state index is -0.923. The van der Waals surface area contributed by atoms with E-state index in [9.17, 15) is 8.78 Å².